The van der Waals surface area contributed by atoms with Gasteiger partial charge in [0.25, 0.3) is 0 Å². The van der Waals surface area contributed by atoms with E-state index < -0.39 is 5.60 Å². The van der Waals surface area contributed by atoms with Gasteiger partial charge in [-0.05, 0) is 20.8 Å². The van der Waals surface area contributed by atoms with E-state index in [-0.39, 0.29) is 18.8 Å². The minimum Gasteiger partial charge on any atom is -0.444 e. The molecule has 0 rings (SSSR count). The van der Waals surface area contributed by atoms with Crippen molar-refractivity contribution in [3.63, 3.8) is 0 Å². The van der Waals surface area contributed by atoms with E-state index in [2.05, 4.69) is 13.2 Å². The number of hydrogen-bond donors (Lipinski definition) is 0. The lowest BCUT2D eigenvalue weighted by Gasteiger charge is -2.28. The van der Waals surface area contributed by atoms with Gasteiger partial charge in [-0.2, -0.15) is 0 Å². The molecule has 0 aliphatic carbocycles. The zero-order chi connectivity index (χ0) is 15.6. The highest BCUT2D eigenvalue weighted by atomic mass is 16.7. The fourth-order valence-electron chi connectivity index (χ4n) is 1.47. The first-order valence-electron chi connectivity index (χ1n) is 6.62. The van der Waals surface area contributed by atoms with Crippen LogP contribution in [0.1, 0.15) is 20.8 Å². The molecule has 0 N–H and O–H groups in total. The van der Waals surface area contributed by atoms with Crippen LogP contribution in [-0.4, -0.2) is 50.2 Å². The molecule has 0 aromatic heterocycles. The Morgan fingerprint density at radius 3 is 2.45 bits per heavy atom. The summed E-state index contributed by atoms with van der Waals surface area (Å²) in [4.78, 5) is 13.7. The van der Waals surface area contributed by atoms with Gasteiger partial charge in [0.1, 0.15) is 12.4 Å². The van der Waals surface area contributed by atoms with Crippen molar-refractivity contribution in [2.75, 3.05) is 33.6 Å². The molecule has 0 aromatic carbocycles. The van der Waals surface area contributed by atoms with E-state index in [0.717, 1.165) is 0 Å². The number of carbonyl (C=O) groups is 1. The maximum Gasteiger partial charge on any atom is 0.410 e. The summed E-state index contributed by atoms with van der Waals surface area (Å²) in [7, 11) is 1.56. The molecule has 116 valence electrons. The molecule has 1 amide bonds. The van der Waals surface area contributed by atoms with Gasteiger partial charge in [0.2, 0.25) is 0 Å². The lowest BCUT2D eigenvalue weighted by Crippen LogP contribution is -2.40. The molecule has 0 heterocycles. The van der Waals surface area contributed by atoms with Crippen molar-refractivity contribution in [2.24, 2.45) is 5.92 Å². The number of rotatable bonds is 9. The summed E-state index contributed by atoms with van der Waals surface area (Å²) in [6.45, 7) is 14.5. The molecule has 0 spiro atoms. The number of carbonyl (C=O) groups excluding carboxylic acids is 1. The van der Waals surface area contributed by atoms with Crippen molar-refractivity contribution in [1.29, 1.82) is 0 Å². The Kier molecular flexibility index (Phi) is 8.92. The molecule has 1 atom stereocenters. The van der Waals surface area contributed by atoms with Crippen LogP contribution in [0.5, 0.6) is 0 Å². The van der Waals surface area contributed by atoms with E-state index in [4.69, 9.17) is 14.2 Å². The predicted molar refractivity (Wildman–Crippen MR) is 79.5 cm³/mol. The lowest BCUT2D eigenvalue weighted by molar-refractivity contribution is -0.0418. The van der Waals surface area contributed by atoms with Crippen LogP contribution in [0, 0.1) is 5.92 Å². The van der Waals surface area contributed by atoms with Gasteiger partial charge >= 0.3 is 6.09 Å². The zero-order valence-electron chi connectivity index (χ0n) is 13.1. The second-order valence-corrected chi connectivity index (χ2v) is 5.45. The fraction of sp³-hybridized carbons (Fsp3) is 0.667. The third kappa shape index (κ3) is 8.72. The van der Waals surface area contributed by atoms with Gasteiger partial charge in [0.05, 0.1) is 6.61 Å². The van der Waals surface area contributed by atoms with Crippen LogP contribution in [0.15, 0.2) is 25.3 Å². The number of ether oxygens (including phenoxy) is 3. The van der Waals surface area contributed by atoms with Gasteiger partial charge in [-0.3, -0.25) is 0 Å². The molecular formula is C15H27NO4. The number of nitrogens with zero attached hydrogens (tertiary/aromatic N) is 1. The molecule has 0 aliphatic heterocycles. The van der Waals surface area contributed by atoms with Gasteiger partial charge in [0, 0.05) is 26.1 Å². The molecule has 0 fully saturated rings. The van der Waals surface area contributed by atoms with Crippen LogP contribution in [0.2, 0.25) is 0 Å². The normalized spacial score (nSPS) is 12.6. The Hall–Kier alpha value is -1.33. The molecule has 20 heavy (non-hydrogen) atoms. The van der Waals surface area contributed by atoms with Crippen LogP contribution in [0.4, 0.5) is 4.79 Å². The van der Waals surface area contributed by atoms with Crippen molar-refractivity contribution in [2.45, 2.75) is 26.4 Å². The first-order chi connectivity index (χ1) is 9.34. The smallest absolute Gasteiger partial charge is 0.410 e. The average Bonchev–Trinajstić information content (AvgIpc) is 2.34. The van der Waals surface area contributed by atoms with Crippen LogP contribution in [0.3, 0.4) is 0 Å². The summed E-state index contributed by atoms with van der Waals surface area (Å²) < 4.78 is 15.5. The standard InChI is InChI=1S/C15H27NO4/c1-7-9-16(14(17)20-15(3,4)5)10-13(8-2)11-19-12-18-6/h7-8,13H,1-2,9-12H2,3-6H3/t13-/m0/s1. The van der Waals surface area contributed by atoms with Gasteiger partial charge in [-0.15, -0.1) is 13.2 Å². The third-order valence-electron chi connectivity index (χ3n) is 2.32. The number of hydrogen-bond acceptors (Lipinski definition) is 4. The van der Waals surface area contributed by atoms with Crippen LogP contribution in [0.25, 0.3) is 0 Å². The Morgan fingerprint density at radius 2 is 2.00 bits per heavy atom. The molecule has 0 saturated heterocycles. The second-order valence-electron chi connectivity index (χ2n) is 5.45. The van der Waals surface area contributed by atoms with Crippen molar-refractivity contribution in [1.82, 2.24) is 4.90 Å². The monoisotopic (exact) mass is 285 g/mol. The molecule has 0 saturated carbocycles. The molecule has 0 aromatic rings. The highest BCUT2D eigenvalue weighted by Crippen LogP contribution is 2.12. The first-order valence-corrected chi connectivity index (χ1v) is 6.62. The van der Waals surface area contributed by atoms with Gasteiger partial charge in [-0.25, -0.2) is 4.79 Å². The summed E-state index contributed by atoms with van der Waals surface area (Å²) in [6, 6.07) is 0. The van der Waals surface area contributed by atoms with Crippen molar-refractivity contribution in [3.8, 4) is 0 Å². The lowest BCUT2D eigenvalue weighted by atomic mass is 10.1. The fourth-order valence-corrected chi connectivity index (χ4v) is 1.47. The molecule has 5 heteroatoms. The molecule has 0 aliphatic rings. The summed E-state index contributed by atoms with van der Waals surface area (Å²) >= 11 is 0. The summed E-state index contributed by atoms with van der Waals surface area (Å²) in [5.41, 5.74) is -0.521. The Balaban J connectivity index is 4.52. The minimum atomic E-state index is -0.521. The Labute approximate surface area is 122 Å². The Morgan fingerprint density at radius 1 is 1.35 bits per heavy atom. The maximum absolute atomic E-state index is 12.1. The second kappa shape index (κ2) is 9.55. The topological polar surface area (TPSA) is 48.0 Å². The van der Waals surface area contributed by atoms with E-state index in [1.54, 1.807) is 24.2 Å². The molecule has 0 radical (unpaired) electrons. The minimum absolute atomic E-state index is 0.0117. The SMILES string of the molecule is C=CCN(C[C@H](C=C)COCOC)C(=O)OC(C)(C)C. The number of amides is 1. The van der Waals surface area contributed by atoms with E-state index in [0.29, 0.717) is 19.7 Å². The average molecular weight is 285 g/mol. The van der Waals surface area contributed by atoms with Gasteiger partial charge in [0.15, 0.2) is 0 Å². The zero-order valence-corrected chi connectivity index (χ0v) is 13.1. The molecule has 0 unspecified atom stereocenters. The summed E-state index contributed by atoms with van der Waals surface area (Å²) in [6.07, 6.45) is 3.06. The highest BCUT2D eigenvalue weighted by molar-refractivity contribution is 5.68. The first kappa shape index (κ1) is 18.7. The predicted octanol–water partition coefficient (Wildman–Crippen LogP) is 2.83. The molecular weight excluding hydrogens is 258 g/mol. The van der Waals surface area contributed by atoms with Gasteiger partial charge in [-0.1, -0.05) is 12.2 Å². The van der Waals surface area contributed by atoms with Crippen LogP contribution >= 0.6 is 0 Å². The highest BCUT2D eigenvalue weighted by Gasteiger charge is 2.23. The Bertz CT molecular complexity index is 309. The number of methoxy groups -OCH3 is 1. The van der Waals surface area contributed by atoms with E-state index >= 15 is 0 Å². The van der Waals surface area contributed by atoms with E-state index in [1.807, 2.05) is 20.8 Å². The van der Waals surface area contributed by atoms with Crippen LogP contribution < -0.4 is 0 Å². The van der Waals surface area contributed by atoms with Crippen molar-refractivity contribution < 1.29 is 19.0 Å². The van der Waals surface area contributed by atoms with Gasteiger partial charge < -0.3 is 19.1 Å². The third-order valence-corrected chi connectivity index (χ3v) is 2.32. The maximum atomic E-state index is 12.1. The quantitative estimate of drug-likeness (QED) is 0.371. The van der Waals surface area contributed by atoms with E-state index in [9.17, 15) is 4.79 Å². The molecule has 0 bridgehead atoms. The van der Waals surface area contributed by atoms with Crippen molar-refractivity contribution in [3.05, 3.63) is 25.3 Å². The molecule has 5 nitrogen and oxygen atoms in total. The summed E-state index contributed by atoms with van der Waals surface area (Å²) in [5, 5.41) is 0. The largest absolute Gasteiger partial charge is 0.444 e. The summed E-state index contributed by atoms with van der Waals surface area (Å²) in [5.74, 6) is 0.0117. The van der Waals surface area contributed by atoms with Crippen molar-refractivity contribution >= 4 is 6.09 Å². The van der Waals surface area contributed by atoms with E-state index in [1.165, 1.54) is 0 Å². The van der Waals surface area contributed by atoms with Crippen LogP contribution in [-0.2, 0) is 14.2 Å².